The number of methoxy groups -OCH3 is 6. The Balaban J connectivity index is -0.000000108. The SMILES string of the molecule is C.C.C.C.CC(=O)Cl.CC(=O)O.COCC(=O)Cl.COCC(=O)O.COCCCN1CCN(CC(=O)CO)CC1.COCCCN1CCN(CC(=O)OC)CC1.COCCCN1CCN(N)CC1. The van der Waals surface area contributed by atoms with Crippen molar-refractivity contribution < 1.29 is 72.5 Å². The summed E-state index contributed by atoms with van der Waals surface area (Å²) in [5.41, 5.74) is 0. The molecule has 412 valence electrons. The molecule has 0 aliphatic carbocycles. The maximum Gasteiger partial charge on any atom is 0.329 e. The van der Waals surface area contributed by atoms with Crippen molar-refractivity contribution >= 4 is 57.4 Å². The third-order valence-electron chi connectivity index (χ3n) is 8.49. The summed E-state index contributed by atoms with van der Waals surface area (Å²) in [5.74, 6) is 3.63. The van der Waals surface area contributed by atoms with E-state index in [9.17, 15) is 24.0 Å². The molecule has 0 aromatic rings. The fourth-order valence-electron chi connectivity index (χ4n) is 5.41. The number of hydrogen-bond donors (Lipinski definition) is 4. The molecule has 0 unspecified atom stereocenters. The summed E-state index contributed by atoms with van der Waals surface area (Å²) < 4.78 is 28.2. The molecule has 3 saturated heterocycles. The third kappa shape index (κ3) is 67.7. The summed E-state index contributed by atoms with van der Waals surface area (Å²) in [5, 5.41) is 24.9. The second-order valence-corrected chi connectivity index (χ2v) is 15.0. The average molecular weight is 1040 g/mol. The van der Waals surface area contributed by atoms with Gasteiger partial charge in [0.15, 0.2) is 5.78 Å². The van der Waals surface area contributed by atoms with Crippen molar-refractivity contribution in [3.8, 4) is 0 Å². The molecule has 3 aliphatic heterocycles. The van der Waals surface area contributed by atoms with E-state index in [1.165, 1.54) is 28.3 Å². The number of carboxylic acids is 2. The van der Waals surface area contributed by atoms with E-state index >= 15 is 0 Å². The van der Waals surface area contributed by atoms with Crippen LogP contribution in [0.3, 0.4) is 0 Å². The first-order chi connectivity index (χ1) is 30.3. The number of hydrazine groups is 1. The molecule has 3 rings (SSSR count). The molecule has 0 bridgehead atoms. The lowest BCUT2D eigenvalue weighted by atomic mass is 10.2. The van der Waals surface area contributed by atoms with Crippen LogP contribution in [-0.4, -0.2) is 273 Å². The Morgan fingerprint density at radius 1 is 0.515 bits per heavy atom. The molecule has 3 aliphatic rings. The minimum Gasteiger partial charge on any atom is -0.481 e. The van der Waals surface area contributed by atoms with E-state index in [4.69, 9.17) is 51.8 Å². The zero-order valence-electron chi connectivity index (χ0n) is 39.6. The molecule has 0 spiro atoms. The highest BCUT2D eigenvalue weighted by molar-refractivity contribution is 6.64. The van der Waals surface area contributed by atoms with E-state index in [-0.39, 0.29) is 66.5 Å². The second-order valence-electron chi connectivity index (χ2n) is 14.0. The van der Waals surface area contributed by atoms with Gasteiger partial charge in [-0.25, -0.2) is 9.80 Å². The lowest BCUT2D eigenvalue weighted by molar-refractivity contribution is -0.142. The summed E-state index contributed by atoms with van der Waals surface area (Å²) in [6.07, 6.45) is 3.26. The fraction of sp³-hybridized carbons (Fsp3) is 0.864. The molecular formula is C44H97Cl2N7O15. The number of piperazine rings is 3. The van der Waals surface area contributed by atoms with Gasteiger partial charge >= 0.3 is 11.9 Å². The molecule has 3 heterocycles. The van der Waals surface area contributed by atoms with E-state index < -0.39 is 17.2 Å². The quantitative estimate of drug-likeness (QED) is 0.0555. The van der Waals surface area contributed by atoms with Gasteiger partial charge in [0.05, 0.1) is 20.2 Å². The number of ether oxygens (including phenoxy) is 6. The molecule has 0 amide bonds. The number of rotatable bonds is 21. The van der Waals surface area contributed by atoms with Crippen LogP contribution < -0.4 is 5.84 Å². The standard InChI is InChI=1S/2C11H22N2O3.C8H19N3O.C3H5ClO2.C3H6O3.C2H3ClO.C2H4O2.4CH4/c1-15-9-3-4-12-5-7-13(8-6-12)10-11(14)16-2;1-16-8-2-3-12-4-6-13(7-5-12)9-11(15)10-14;1-12-8-2-3-10-4-6-11(9)7-5-10;2*1-6-2-3(4)5;2*1-2(3)4;;;;/h3-10H2,1-2H3;14H,2-10H2,1H3;2-9H2,1H3;2H2,1H3;2H2,1H3,(H,4,5);1H3;1H3,(H,3,4);4*1H4. The van der Waals surface area contributed by atoms with E-state index in [1.807, 2.05) is 5.01 Å². The Kier molecular flexibility index (Phi) is 73.4. The number of esters is 1. The van der Waals surface area contributed by atoms with E-state index in [0.717, 1.165) is 144 Å². The van der Waals surface area contributed by atoms with Gasteiger partial charge in [-0.15, -0.1) is 0 Å². The first kappa shape index (κ1) is 82.4. The van der Waals surface area contributed by atoms with Gasteiger partial charge in [0.2, 0.25) is 10.5 Å². The number of Topliss-reactive ketones (excluding diaryl/α,β-unsaturated/α-hetero) is 1. The predicted octanol–water partition coefficient (Wildman–Crippen LogP) is 2.05. The van der Waals surface area contributed by atoms with Crippen LogP contribution >= 0.6 is 23.2 Å². The Morgan fingerprint density at radius 2 is 0.809 bits per heavy atom. The Hall–Kier alpha value is -2.52. The second kappa shape index (κ2) is 60.6. The molecule has 0 atom stereocenters. The van der Waals surface area contributed by atoms with Gasteiger partial charge in [0.25, 0.3) is 5.97 Å². The normalized spacial score (nSPS) is 14.8. The molecule has 0 aromatic carbocycles. The number of ketones is 1. The molecule has 0 saturated carbocycles. The lowest BCUT2D eigenvalue weighted by Crippen LogP contribution is -2.49. The Morgan fingerprint density at radius 3 is 1.03 bits per heavy atom. The van der Waals surface area contributed by atoms with Crippen molar-refractivity contribution in [3.05, 3.63) is 0 Å². The monoisotopic (exact) mass is 1030 g/mol. The molecule has 68 heavy (non-hydrogen) atoms. The summed E-state index contributed by atoms with van der Waals surface area (Å²) in [7, 11) is 9.39. The van der Waals surface area contributed by atoms with E-state index in [2.05, 4.69) is 50.3 Å². The topological polar surface area (TPSA) is 264 Å². The van der Waals surface area contributed by atoms with Gasteiger partial charge in [-0.05, 0) is 42.5 Å². The molecular weight excluding hydrogens is 937 g/mol. The smallest absolute Gasteiger partial charge is 0.329 e. The molecule has 0 aromatic heterocycles. The minimum atomic E-state index is -0.933. The zero-order valence-corrected chi connectivity index (χ0v) is 41.2. The first-order valence-corrected chi connectivity index (χ1v) is 21.6. The molecule has 22 nitrogen and oxygen atoms in total. The van der Waals surface area contributed by atoms with Crippen LogP contribution in [0.1, 0.15) is 62.8 Å². The van der Waals surface area contributed by atoms with Gasteiger partial charge < -0.3 is 58.4 Å². The number of carbonyl (C=O) groups is 6. The van der Waals surface area contributed by atoms with E-state index in [1.54, 1.807) is 21.3 Å². The number of hydrogen-bond acceptors (Lipinski definition) is 20. The summed E-state index contributed by atoms with van der Waals surface area (Å²) in [6, 6.07) is 0. The van der Waals surface area contributed by atoms with Crippen LogP contribution in [0.5, 0.6) is 0 Å². The average Bonchev–Trinajstić information content (AvgIpc) is 3.23. The first-order valence-electron chi connectivity index (χ1n) is 20.9. The van der Waals surface area contributed by atoms with Crippen molar-refractivity contribution in [2.75, 3.05) is 194 Å². The zero-order chi connectivity index (χ0) is 49.6. The van der Waals surface area contributed by atoms with Crippen LogP contribution in [0.4, 0.5) is 0 Å². The summed E-state index contributed by atoms with van der Waals surface area (Å²) >= 11 is 9.45. The minimum absolute atomic E-state index is 0. The third-order valence-corrected chi connectivity index (χ3v) is 8.60. The van der Waals surface area contributed by atoms with Crippen molar-refractivity contribution in [1.29, 1.82) is 0 Å². The number of aliphatic hydroxyl groups is 1. The van der Waals surface area contributed by atoms with Gasteiger partial charge in [0, 0.05) is 167 Å². The summed E-state index contributed by atoms with van der Waals surface area (Å²) in [6.45, 7) is 20.4. The highest BCUT2D eigenvalue weighted by Gasteiger charge is 2.19. The van der Waals surface area contributed by atoms with Crippen molar-refractivity contribution in [1.82, 2.24) is 29.5 Å². The molecule has 0 radical (unpaired) electrons. The Labute approximate surface area is 420 Å². The van der Waals surface area contributed by atoms with Gasteiger partial charge in [-0.2, -0.15) is 0 Å². The van der Waals surface area contributed by atoms with Crippen LogP contribution in [0.2, 0.25) is 0 Å². The van der Waals surface area contributed by atoms with E-state index in [0.29, 0.717) is 13.1 Å². The van der Waals surface area contributed by atoms with Gasteiger partial charge in [0.1, 0.15) is 19.8 Å². The number of carboxylic acid groups (broad SMARTS) is 2. The van der Waals surface area contributed by atoms with Crippen LogP contribution in [0.15, 0.2) is 0 Å². The van der Waals surface area contributed by atoms with Crippen molar-refractivity contribution in [2.24, 2.45) is 5.84 Å². The van der Waals surface area contributed by atoms with Crippen LogP contribution in [0, 0.1) is 0 Å². The number of aliphatic carboxylic acids is 2. The number of carbonyl (C=O) groups excluding carboxylic acids is 4. The number of nitrogens with zero attached hydrogens (tertiary/aromatic N) is 6. The molecule has 3 fully saturated rings. The fourth-order valence-corrected chi connectivity index (χ4v) is 5.52. The highest BCUT2D eigenvalue weighted by Crippen LogP contribution is 2.04. The lowest BCUT2D eigenvalue weighted by Gasteiger charge is -2.34. The maximum atomic E-state index is 11.1. The molecule has 24 heteroatoms. The summed E-state index contributed by atoms with van der Waals surface area (Å²) in [4.78, 5) is 71.0. The van der Waals surface area contributed by atoms with Crippen LogP contribution in [0.25, 0.3) is 0 Å². The van der Waals surface area contributed by atoms with Gasteiger partial charge in [-0.3, -0.25) is 39.6 Å². The number of halogens is 2. The molecule has 5 N–H and O–H groups in total. The largest absolute Gasteiger partial charge is 0.481 e. The Bertz CT molecular complexity index is 1070. The van der Waals surface area contributed by atoms with Crippen molar-refractivity contribution in [3.63, 3.8) is 0 Å². The van der Waals surface area contributed by atoms with Gasteiger partial charge in [-0.1, -0.05) is 29.7 Å². The van der Waals surface area contributed by atoms with Crippen LogP contribution in [-0.2, 0) is 57.2 Å². The predicted molar refractivity (Wildman–Crippen MR) is 271 cm³/mol. The number of nitrogens with two attached hydrogens (primary N) is 1. The maximum absolute atomic E-state index is 11.1. The van der Waals surface area contributed by atoms with Crippen molar-refractivity contribution in [2.45, 2.75) is 62.8 Å². The highest BCUT2D eigenvalue weighted by atomic mass is 35.5. The number of aliphatic hydroxyl groups excluding tert-OH is 1.